The van der Waals surface area contributed by atoms with Gasteiger partial charge in [0.1, 0.15) is 56.3 Å². The van der Waals surface area contributed by atoms with E-state index in [1.54, 1.807) is 155 Å². The van der Waals surface area contributed by atoms with E-state index >= 15 is 0 Å². The van der Waals surface area contributed by atoms with E-state index in [1.807, 2.05) is 43.3 Å². The van der Waals surface area contributed by atoms with E-state index in [0.29, 0.717) is 135 Å². The van der Waals surface area contributed by atoms with Crippen LogP contribution in [0.1, 0.15) is 293 Å². The minimum absolute atomic E-state index is 0.0123. The van der Waals surface area contributed by atoms with Gasteiger partial charge >= 0.3 is 0 Å². The summed E-state index contributed by atoms with van der Waals surface area (Å²) in [6.07, 6.45) is 43.1. The molecule has 774 valence electrons. The normalized spacial score (nSPS) is 15.1. The monoisotopic (exact) mass is 2010 g/mol. The maximum Gasteiger partial charge on any atom is 0.257 e. The topological polar surface area (TPSA) is 333 Å². The molecule has 18 rings (SSSR count). The number of pyridine rings is 8. The van der Waals surface area contributed by atoms with Crippen LogP contribution in [0, 0.1) is 74.6 Å². The van der Waals surface area contributed by atoms with Gasteiger partial charge in [-0.3, -0.25) is 38.7 Å². The van der Waals surface area contributed by atoms with Crippen LogP contribution < -0.4 is 60.3 Å². The molecule has 6 aliphatic rings. The summed E-state index contributed by atoms with van der Waals surface area (Å²) >= 11 is 0. The second-order valence-electron chi connectivity index (χ2n) is 38.5. The van der Waals surface area contributed by atoms with Gasteiger partial charge in [0.15, 0.2) is 0 Å². The van der Waals surface area contributed by atoms with E-state index in [-0.39, 0.29) is 84.0 Å². The maximum atomic E-state index is 13.8. The van der Waals surface area contributed by atoms with Gasteiger partial charge in [0.2, 0.25) is 35.3 Å². The van der Waals surface area contributed by atoms with E-state index < -0.39 is 11.7 Å². The van der Waals surface area contributed by atoms with Gasteiger partial charge in [0.25, 0.3) is 35.4 Å². The van der Waals surface area contributed by atoms with Gasteiger partial charge in [-0.1, -0.05) is 132 Å². The molecule has 4 aromatic carbocycles. The van der Waals surface area contributed by atoms with Crippen molar-refractivity contribution in [3.05, 3.63) is 339 Å². The van der Waals surface area contributed by atoms with Crippen LogP contribution in [0.3, 0.4) is 0 Å². The third kappa shape index (κ3) is 37.5. The zero-order valence-corrected chi connectivity index (χ0v) is 84.9. The van der Waals surface area contributed by atoms with Crippen molar-refractivity contribution in [2.24, 2.45) is 23.7 Å². The molecule has 147 heavy (non-hydrogen) atoms. The molecular weight excluding hydrogens is 1870 g/mol. The molecule has 0 aliphatic heterocycles. The fourth-order valence-corrected chi connectivity index (χ4v) is 18.0. The summed E-state index contributed by atoms with van der Waals surface area (Å²) in [4.78, 5) is 107. The van der Waals surface area contributed by atoms with Crippen LogP contribution in [0.25, 0.3) is 0 Å². The lowest BCUT2D eigenvalue weighted by Crippen LogP contribution is -2.39. The van der Waals surface area contributed by atoms with E-state index in [2.05, 4.69) is 85.6 Å². The quantitative estimate of drug-likeness (QED) is 0.0208. The number of aromatic nitrogens is 8. The van der Waals surface area contributed by atoms with Crippen molar-refractivity contribution in [2.45, 2.75) is 266 Å². The van der Waals surface area contributed by atoms with E-state index in [9.17, 15) is 46.3 Å². The van der Waals surface area contributed by atoms with Crippen molar-refractivity contribution < 1.29 is 74.8 Å². The molecule has 8 heterocycles. The van der Waals surface area contributed by atoms with Crippen LogP contribution in [0.2, 0.25) is 0 Å². The SMILES string of the molecule is Cc1ccc(NC(=O)c2ccc(OCc3ccncc3)nc2)c(F)c1.Cc1nc(OCc2cccc(F)c2)ccc1C(=O)NCC1CC1.Cc1nc(OCc2cccc(F)c2)ccc1C(=O)N[C@H](C)C1CCCCC1.Cc1nc(OCc2ccncc2)ccc1C(=O)N[C@H](C)C1CCCCC1.O=C(NC1CCCCC1)c1ccc(OCC2CCCC2)nc1.O=C(NC1CCCCC1)c1ccc(OCc2ccc(F)cc2)nc1. The lowest BCUT2D eigenvalue weighted by Gasteiger charge is -2.28. The molecule has 0 radical (unpaired) electrons. The van der Waals surface area contributed by atoms with Gasteiger partial charge in [0.05, 0.1) is 62.8 Å². The first-order valence-electron chi connectivity index (χ1n) is 51.6. The van der Waals surface area contributed by atoms with Crippen LogP contribution in [0.15, 0.2) is 231 Å². The van der Waals surface area contributed by atoms with Crippen molar-refractivity contribution in [2.75, 3.05) is 18.5 Å². The number of benzene rings is 4. The lowest BCUT2D eigenvalue weighted by molar-refractivity contribution is 0.0909. The lowest BCUT2D eigenvalue weighted by atomic mass is 9.84. The molecule has 6 saturated carbocycles. The predicted molar refractivity (Wildman–Crippen MR) is 556 cm³/mol. The fraction of sp³-hybridized carbons (Fsp3) is 0.402. The zero-order valence-electron chi connectivity index (χ0n) is 84.9. The highest BCUT2D eigenvalue weighted by Gasteiger charge is 2.28. The van der Waals surface area contributed by atoms with Crippen molar-refractivity contribution in [1.29, 1.82) is 0 Å². The Labute approximate surface area is 859 Å². The number of ether oxygens (including phenoxy) is 6. The Hall–Kier alpha value is -14.6. The third-order valence-electron chi connectivity index (χ3n) is 26.9. The number of anilines is 1. The standard InChI is InChI=1S/C22H27FN2O2.C21H27N3O2.C19H16FN3O2.C19H21FN2O2.C18H19FN2O2.C18H26N2O2/c1-15(18-8-4-3-5-9-18)25-22(26)20-11-12-21(24-16(20)2)27-14-17-7-6-10-19(23)13-17;1-15(18-6-4-3-5-7-18)24-21(25)19-8-9-20(23-16(19)2)26-14-17-10-12-22-13-11-17;1-13-2-4-17(16(20)10-13)23-19(24)15-3-5-18(22-11-15)25-12-14-6-8-21-9-7-14;20-16-9-6-14(7-10-16)13-24-18-11-8-15(12-21-18)19(23)22-17-4-2-1-3-5-17;1-12-16(18(22)20-10-13-5-6-13)7-8-17(21-12)23-11-14-3-2-4-15(19)9-14;21-18(20-16-8-2-1-3-9-16)15-10-11-17(19-12-15)22-13-14-6-4-5-7-14/h6-7,10-13,15,18H,3-5,8-9,14H2,1-2H3,(H,25,26);8-13,15,18H,3-7,14H2,1-2H3,(H,24,25);2-11H,12H2,1H3,(H,23,24);6-12,17H,1-5,13H2,(H,22,23);2-4,7-9,13H,5-6,10-11H2,1H3,(H,20,22);10-12,14,16H,1-9,13H2,(H,20,21)/t2*15-;;;;/m11..../s1. The Morgan fingerprint density at radius 3 is 1.09 bits per heavy atom. The van der Waals surface area contributed by atoms with Crippen LogP contribution in [-0.4, -0.2) is 113 Å². The predicted octanol–water partition coefficient (Wildman–Crippen LogP) is 23.4. The third-order valence-corrected chi connectivity index (χ3v) is 26.9. The number of hydrogen-bond donors (Lipinski definition) is 6. The first-order valence-corrected chi connectivity index (χ1v) is 51.6. The zero-order chi connectivity index (χ0) is 103. The fourth-order valence-electron chi connectivity index (χ4n) is 18.0. The molecule has 0 unspecified atom stereocenters. The van der Waals surface area contributed by atoms with Gasteiger partial charge in [-0.15, -0.1) is 0 Å². The average Bonchev–Trinajstić information content (AvgIpc) is 0.915. The summed E-state index contributed by atoms with van der Waals surface area (Å²) in [6.45, 7) is 14.5. The molecule has 6 amide bonds. The summed E-state index contributed by atoms with van der Waals surface area (Å²) < 4.78 is 86.7. The summed E-state index contributed by atoms with van der Waals surface area (Å²) in [5.74, 6) is 3.20. The Morgan fingerprint density at radius 1 is 0.333 bits per heavy atom. The maximum absolute atomic E-state index is 13.8. The highest BCUT2D eigenvalue weighted by molar-refractivity contribution is 6.04. The smallest absolute Gasteiger partial charge is 0.257 e. The van der Waals surface area contributed by atoms with Gasteiger partial charge in [-0.2, -0.15) is 0 Å². The number of carbonyl (C=O) groups excluding carboxylic acids is 6. The first-order chi connectivity index (χ1) is 71.4. The van der Waals surface area contributed by atoms with E-state index in [0.717, 1.165) is 72.2 Å². The minimum Gasteiger partial charge on any atom is -0.477 e. The number of aryl methyl sites for hydroxylation is 4. The number of halogens is 4. The van der Waals surface area contributed by atoms with E-state index in [1.165, 1.54) is 202 Å². The highest BCUT2D eigenvalue weighted by Crippen LogP contribution is 2.33. The second-order valence-corrected chi connectivity index (χ2v) is 38.5. The molecule has 8 aromatic heterocycles. The molecule has 0 bridgehead atoms. The molecule has 26 nitrogen and oxygen atoms in total. The summed E-state index contributed by atoms with van der Waals surface area (Å²) in [5, 5.41) is 17.9. The van der Waals surface area contributed by atoms with Crippen LogP contribution in [-0.2, 0) is 33.0 Å². The molecule has 0 saturated heterocycles. The minimum atomic E-state index is -0.474. The number of carbonyl (C=O) groups is 6. The number of rotatable bonds is 33. The molecule has 6 fully saturated rings. The largest absolute Gasteiger partial charge is 0.477 e. The van der Waals surface area contributed by atoms with Gasteiger partial charge in [-0.25, -0.2) is 47.5 Å². The molecular formula is C117H136F4N14O12. The van der Waals surface area contributed by atoms with Crippen molar-refractivity contribution in [3.8, 4) is 35.3 Å². The van der Waals surface area contributed by atoms with Gasteiger partial charge < -0.3 is 60.3 Å². The highest BCUT2D eigenvalue weighted by atomic mass is 19.1. The Kier molecular flexibility index (Phi) is 43.2. The number of amides is 6. The molecule has 6 aliphatic carbocycles. The van der Waals surface area contributed by atoms with Crippen LogP contribution in [0.5, 0.6) is 35.3 Å². The van der Waals surface area contributed by atoms with Crippen molar-refractivity contribution in [3.63, 3.8) is 0 Å². The van der Waals surface area contributed by atoms with Gasteiger partial charge in [-0.05, 0) is 285 Å². The molecule has 6 N–H and O–H groups in total. The first kappa shape index (κ1) is 110. The molecule has 0 spiro atoms. The Morgan fingerprint density at radius 2 is 0.701 bits per heavy atom. The average molecular weight is 2010 g/mol. The Balaban J connectivity index is 0.000000148. The molecule has 2 atom stereocenters. The number of nitrogens with zero attached hydrogens (tertiary/aromatic N) is 8. The second kappa shape index (κ2) is 57.9. The Bertz CT molecular complexity index is 6150. The molecule has 30 heteroatoms. The van der Waals surface area contributed by atoms with Crippen molar-refractivity contribution >= 4 is 41.1 Å². The van der Waals surface area contributed by atoms with Crippen LogP contribution in [0.4, 0.5) is 23.2 Å². The van der Waals surface area contributed by atoms with Crippen LogP contribution >= 0.6 is 0 Å². The summed E-state index contributed by atoms with van der Waals surface area (Å²) in [7, 11) is 0. The van der Waals surface area contributed by atoms with Crippen molar-refractivity contribution in [1.82, 2.24) is 66.5 Å². The van der Waals surface area contributed by atoms with Gasteiger partial charge in [0, 0.05) is 110 Å². The number of nitrogens with one attached hydrogen (secondary N) is 6. The number of hydrogen-bond acceptors (Lipinski definition) is 20. The summed E-state index contributed by atoms with van der Waals surface area (Å²) in [6, 6.07) is 52.3. The summed E-state index contributed by atoms with van der Waals surface area (Å²) in [5.41, 5.74) is 10.4. The molecule has 12 aromatic rings. The van der Waals surface area contributed by atoms with E-state index in [4.69, 9.17) is 28.4 Å².